The number of rotatable bonds is 6. The lowest BCUT2D eigenvalue weighted by Gasteiger charge is -2.31. The van der Waals surface area contributed by atoms with Gasteiger partial charge in [-0.15, -0.1) is 0 Å². The largest absolute Gasteiger partial charge is 0.480 e. The number of amides is 1. The van der Waals surface area contributed by atoms with E-state index in [2.05, 4.69) is 5.11 Å². The molecule has 0 unspecified atom stereocenters. The van der Waals surface area contributed by atoms with E-state index in [-0.39, 0.29) is 6.42 Å². The Balaban J connectivity index is 2.44. The number of hydrogen-bond donors (Lipinski definition) is 2. The van der Waals surface area contributed by atoms with Crippen LogP contribution >= 0.6 is 0 Å². The van der Waals surface area contributed by atoms with Gasteiger partial charge in [0.25, 0.3) is 0 Å². The first-order valence-electron chi connectivity index (χ1n) is 8.48. The van der Waals surface area contributed by atoms with E-state index < -0.39 is 23.7 Å². The first-order valence-corrected chi connectivity index (χ1v) is 8.48. The molecule has 0 bridgehead atoms. The van der Waals surface area contributed by atoms with Gasteiger partial charge in [0.2, 0.25) is 0 Å². The van der Waals surface area contributed by atoms with E-state index in [1.165, 1.54) is 0 Å². The molecule has 2 N–H and O–H groups in total. The molecule has 0 spiro atoms. The third-order valence-corrected chi connectivity index (χ3v) is 3.72. The van der Waals surface area contributed by atoms with Crippen molar-refractivity contribution in [3.63, 3.8) is 0 Å². The molecule has 7 heteroatoms. The van der Waals surface area contributed by atoms with Crippen molar-refractivity contribution in [2.75, 3.05) is 4.90 Å². The van der Waals surface area contributed by atoms with E-state index in [4.69, 9.17) is 10.3 Å². The highest BCUT2D eigenvalue weighted by atomic mass is 16.6. The van der Waals surface area contributed by atoms with Crippen molar-refractivity contribution in [3.8, 4) is 0 Å². The number of carboxylic acids is 1. The van der Waals surface area contributed by atoms with Gasteiger partial charge in [-0.1, -0.05) is 30.3 Å². The highest BCUT2D eigenvalue weighted by Gasteiger charge is 2.34. The van der Waals surface area contributed by atoms with Gasteiger partial charge < -0.3 is 9.84 Å². The number of anilines is 1. The minimum atomic E-state index is -1.15. The number of nitrogens with one attached hydrogen (secondary N) is 1. The summed E-state index contributed by atoms with van der Waals surface area (Å²) in [6, 6.07) is 14.1. The predicted octanol–water partition coefficient (Wildman–Crippen LogP) is 4.79. The van der Waals surface area contributed by atoms with Crippen molar-refractivity contribution in [1.29, 1.82) is 5.53 Å². The van der Waals surface area contributed by atoms with Gasteiger partial charge in [0.1, 0.15) is 11.6 Å². The summed E-state index contributed by atoms with van der Waals surface area (Å²) in [7, 11) is 0. The third kappa shape index (κ3) is 5.64. The molecule has 142 valence electrons. The fraction of sp³-hybridized carbons (Fsp3) is 0.300. The van der Waals surface area contributed by atoms with Gasteiger partial charge in [0.15, 0.2) is 0 Å². The molecule has 0 radical (unpaired) electrons. The molecule has 0 aliphatic rings. The van der Waals surface area contributed by atoms with Crippen LogP contribution < -0.4 is 4.90 Å². The lowest BCUT2D eigenvalue weighted by molar-refractivity contribution is -0.138. The van der Waals surface area contributed by atoms with E-state index >= 15 is 0 Å². The molecular formula is C20H23N3O4. The van der Waals surface area contributed by atoms with Crippen LogP contribution in [0.4, 0.5) is 16.2 Å². The number of benzene rings is 2. The van der Waals surface area contributed by atoms with Crippen LogP contribution in [0.25, 0.3) is 0 Å². The number of carbonyl (C=O) groups excluding carboxylic acids is 1. The zero-order valence-electron chi connectivity index (χ0n) is 15.5. The fourth-order valence-corrected chi connectivity index (χ4v) is 2.54. The summed E-state index contributed by atoms with van der Waals surface area (Å²) >= 11 is 0. The summed E-state index contributed by atoms with van der Waals surface area (Å²) in [4.78, 5) is 26.0. The molecule has 2 aromatic rings. The second kappa shape index (κ2) is 8.44. The van der Waals surface area contributed by atoms with Crippen LogP contribution in [0, 0.1) is 5.53 Å². The van der Waals surface area contributed by atoms with Gasteiger partial charge in [0, 0.05) is 12.1 Å². The van der Waals surface area contributed by atoms with Gasteiger partial charge >= 0.3 is 12.1 Å². The number of aliphatic carboxylic acids is 1. The van der Waals surface area contributed by atoms with E-state index in [1.54, 1.807) is 45.0 Å². The predicted molar refractivity (Wildman–Crippen MR) is 102 cm³/mol. The first kappa shape index (κ1) is 20.1. The van der Waals surface area contributed by atoms with Crippen LogP contribution in [0.1, 0.15) is 26.3 Å². The van der Waals surface area contributed by atoms with Gasteiger partial charge in [0.05, 0.1) is 5.69 Å². The highest BCUT2D eigenvalue weighted by molar-refractivity contribution is 5.95. The van der Waals surface area contributed by atoms with Crippen LogP contribution in [-0.4, -0.2) is 28.8 Å². The Bertz CT molecular complexity index is 798. The molecule has 0 fully saturated rings. The summed E-state index contributed by atoms with van der Waals surface area (Å²) in [5.74, 6) is -1.14. The fourth-order valence-electron chi connectivity index (χ4n) is 2.54. The number of ether oxygens (including phenoxy) is 1. The Morgan fingerprint density at radius 1 is 1.11 bits per heavy atom. The van der Waals surface area contributed by atoms with Gasteiger partial charge in [-0.25, -0.2) is 15.1 Å². The van der Waals surface area contributed by atoms with Crippen LogP contribution in [-0.2, 0) is 16.0 Å². The van der Waals surface area contributed by atoms with E-state index in [0.717, 1.165) is 10.5 Å². The Morgan fingerprint density at radius 2 is 1.70 bits per heavy atom. The molecule has 27 heavy (non-hydrogen) atoms. The van der Waals surface area contributed by atoms with Crippen LogP contribution in [0.15, 0.2) is 59.7 Å². The SMILES string of the molecule is CC(C)(C)OC(=O)N(c1ccc(N=N)cc1)[C@@H](Cc1ccccc1)C(=O)O. The second-order valence-electron chi connectivity index (χ2n) is 7.02. The monoisotopic (exact) mass is 369 g/mol. The molecular weight excluding hydrogens is 346 g/mol. The zero-order valence-corrected chi connectivity index (χ0v) is 15.5. The van der Waals surface area contributed by atoms with Crippen LogP contribution in [0.5, 0.6) is 0 Å². The molecule has 2 aromatic carbocycles. The van der Waals surface area contributed by atoms with Crippen LogP contribution in [0.2, 0.25) is 0 Å². The molecule has 0 saturated heterocycles. The summed E-state index contributed by atoms with van der Waals surface area (Å²) in [6.07, 6.45) is -0.624. The summed E-state index contributed by atoms with van der Waals surface area (Å²) in [5, 5.41) is 13.1. The zero-order chi connectivity index (χ0) is 20.0. The average molecular weight is 369 g/mol. The lowest BCUT2D eigenvalue weighted by Crippen LogP contribution is -2.48. The molecule has 7 nitrogen and oxygen atoms in total. The summed E-state index contributed by atoms with van der Waals surface area (Å²) < 4.78 is 5.44. The molecule has 1 atom stereocenters. The standard InChI is InChI=1S/C20H23N3O4/c1-20(2,3)27-19(26)23(16-11-9-15(22-21)10-12-16)17(18(24)25)13-14-7-5-4-6-8-14/h4-12,17,21H,13H2,1-3H3,(H,24,25)/t17-/m0/s1. The van der Waals surface area contributed by atoms with Crippen LogP contribution in [0.3, 0.4) is 0 Å². The molecule has 0 saturated carbocycles. The first-order chi connectivity index (χ1) is 12.7. The third-order valence-electron chi connectivity index (χ3n) is 3.72. The summed E-state index contributed by atoms with van der Waals surface area (Å²) in [6.45, 7) is 5.16. The number of carboxylic acid groups (broad SMARTS) is 1. The maximum atomic E-state index is 12.8. The Hall–Kier alpha value is -3.22. The minimum Gasteiger partial charge on any atom is -0.480 e. The maximum Gasteiger partial charge on any atom is 0.415 e. The number of nitrogens with zero attached hydrogens (tertiary/aromatic N) is 2. The summed E-state index contributed by atoms with van der Waals surface area (Å²) in [5.41, 5.74) is 7.82. The lowest BCUT2D eigenvalue weighted by atomic mass is 10.0. The van der Waals surface area contributed by atoms with Crippen molar-refractivity contribution in [2.24, 2.45) is 5.11 Å². The molecule has 0 aliphatic carbocycles. The molecule has 1 amide bonds. The molecule has 0 aliphatic heterocycles. The number of hydrogen-bond acceptors (Lipinski definition) is 5. The topological polar surface area (TPSA) is 103 Å². The Kier molecular flexibility index (Phi) is 6.28. The van der Waals surface area contributed by atoms with E-state index in [9.17, 15) is 14.7 Å². The smallest absolute Gasteiger partial charge is 0.415 e. The normalized spacial score (nSPS) is 12.1. The van der Waals surface area contributed by atoms with Crippen molar-refractivity contribution in [2.45, 2.75) is 38.8 Å². The van der Waals surface area contributed by atoms with Gasteiger partial charge in [-0.3, -0.25) is 4.90 Å². The van der Waals surface area contributed by atoms with Gasteiger partial charge in [-0.05, 0) is 50.6 Å². The van der Waals surface area contributed by atoms with E-state index in [1.807, 2.05) is 30.3 Å². The molecule has 0 aromatic heterocycles. The number of carbonyl (C=O) groups is 2. The Labute approximate surface area is 158 Å². The van der Waals surface area contributed by atoms with Crippen molar-refractivity contribution >= 4 is 23.4 Å². The van der Waals surface area contributed by atoms with Crippen molar-refractivity contribution < 1.29 is 19.4 Å². The average Bonchev–Trinajstić information content (AvgIpc) is 2.61. The second-order valence-corrected chi connectivity index (χ2v) is 7.02. The minimum absolute atomic E-state index is 0.125. The highest BCUT2D eigenvalue weighted by Crippen LogP contribution is 2.25. The molecule has 0 heterocycles. The van der Waals surface area contributed by atoms with E-state index in [0.29, 0.717) is 11.4 Å². The van der Waals surface area contributed by atoms with Gasteiger partial charge in [-0.2, -0.15) is 5.11 Å². The van der Waals surface area contributed by atoms with Crippen molar-refractivity contribution in [3.05, 3.63) is 60.2 Å². The van der Waals surface area contributed by atoms with Crippen molar-refractivity contribution in [1.82, 2.24) is 0 Å². The maximum absolute atomic E-state index is 12.8. The quantitative estimate of drug-likeness (QED) is 0.715. The molecule has 2 rings (SSSR count). The Morgan fingerprint density at radius 3 is 2.19 bits per heavy atom.